The van der Waals surface area contributed by atoms with E-state index in [4.69, 9.17) is 4.74 Å². The minimum Gasteiger partial charge on any atom is -0.483 e. The molecule has 0 aliphatic carbocycles. The van der Waals surface area contributed by atoms with Gasteiger partial charge in [0.25, 0.3) is 5.91 Å². The molecule has 2 aromatic rings. The van der Waals surface area contributed by atoms with Crippen molar-refractivity contribution in [3.05, 3.63) is 65.2 Å². The molecule has 5 nitrogen and oxygen atoms in total. The predicted molar refractivity (Wildman–Crippen MR) is 125 cm³/mol. The number of aryl methyl sites for hydroxylation is 2. The lowest BCUT2D eigenvalue weighted by molar-refractivity contribution is -0.142. The highest BCUT2D eigenvalue weighted by atomic mass is 16.5. The number of nitrogens with zero attached hydrogens (tertiary/aromatic N) is 1. The van der Waals surface area contributed by atoms with Gasteiger partial charge in [0, 0.05) is 13.1 Å². The molecule has 0 aliphatic heterocycles. The molecule has 0 saturated heterocycles. The first kappa shape index (κ1) is 24.4. The van der Waals surface area contributed by atoms with Crippen LogP contribution >= 0.6 is 0 Å². The highest BCUT2D eigenvalue weighted by molar-refractivity contribution is 5.88. The van der Waals surface area contributed by atoms with Gasteiger partial charge in [0.05, 0.1) is 0 Å². The van der Waals surface area contributed by atoms with Gasteiger partial charge >= 0.3 is 0 Å². The first-order chi connectivity index (χ1) is 15.0. The maximum atomic E-state index is 13.2. The van der Waals surface area contributed by atoms with Crippen LogP contribution in [0, 0.1) is 13.8 Å². The normalized spacial score (nSPS) is 11.6. The molecule has 0 heterocycles. The SMILES string of the molecule is CCCCNC(=O)[C@@H](CC)N(CCc1ccccc1)C(=O)COc1ccc(C)cc1C. The third-order valence-corrected chi connectivity index (χ3v) is 5.38. The lowest BCUT2D eigenvalue weighted by atomic mass is 10.1. The molecule has 2 aromatic carbocycles. The molecule has 2 amide bonds. The van der Waals surface area contributed by atoms with E-state index in [9.17, 15) is 9.59 Å². The molecule has 1 N–H and O–H groups in total. The third kappa shape index (κ3) is 7.74. The van der Waals surface area contributed by atoms with Crippen LogP contribution in [0.1, 0.15) is 49.8 Å². The molecule has 1 atom stereocenters. The van der Waals surface area contributed by atoms with E-state index in [1.807, 2.05) is 69.3 Å². The second-order valence-corrected chi connectivity index (χ2v) is 7.95. The third-order valence-electron chi connectivity index (χ3n) is 5.38. The molecule has 0 radical (unpaired) electrons. The molecule has 2 rings (SSSR count). The molecule has 5 heteroatoms. The summed E-state index contributed by atoms with van der Waals surface area (Å²) in [4.78, 5) is 27.7. The fourth-order valence-corrected chi connectivity index (χ4v) is 3.59. The summed E-state index contributed by atoms with van der Waals surface area (Å²) in [6.45, 7) is 9.04. The van der Waals surface area contributed by atoms with E-state index in [1.165, 1.54) is 0 Å². The average molecular weight is 425 g/mol. The summed E-state index contributed by atoms with van der Waals surface area (Å²) in [7, 11) is 0. The number of unbranched alkanes of at least 4 members (excludes halogenated alkanes) is 1. The van der Waals surface area contributed by atoms with Gasteiger partial charge in [-0.15, -0.1) is 0 Å². The van der Waals surface area contributed by atoms with Crippen molar-refractivity contribution in [3.63, 3.8) is 0 Å². The number of ether oxygens (including phenoxy) is 1. The number of amides is 2. The van der Waals surface area contributed by atoms with Crippen molar-refractivity contribution < 1.29 is 14.3 Å². The van der Waals surface area contributed by atoms with Crippen LogP contribution in [0.15, 0.2) is 48.5 Å². The topological polar surface area (TPSA) is 58.6 Å². The Morgan fingerprint density at radius 3 is 2.45 bits per heavy atom. The molecule has 0 aromatic heterocycles. The zero-order valence-electron chi connectivity index (χ0n) is 19.3. The van der Waals surface area contributed by atoms with Crippen molar-refractivity contribution >= 4 is 11.8 Å². The first-order valence-electron chi connectivity index (χ1n) is 11.3. The van der Waals surface area contributed by atoms with Gasteiger partial charge in [-0.05, 0) is 50.3 Å². The number of hydrogen-bond donors (Lipinski definition) is 1. The molecule has 0 bridgehead atoms. The Kier molecular flexibility index (Phi) is 10.1. The van der Waals surface area contributed by atoms with E-state index in [-0.39, 0.29) is 18.4 Å². The number of rotatable bonds is 12. The van der Waals surface area contributed by atoms with Gasteiger partial charge in [-0.1, -0.05) is 68.3 Å². The van der Waals surface area contributed by atoms with Crippen LogP contribution in [-0.2, 0) is 16.0 Å². The lowest BCUT2D eigenvalue weighted by Crippen LogP contribution is -2.51. The Bertz CT molecular complexity index is 836. The largest absolute Gasteiger partial charge is 0.483 e. The van der Waals surface area contributed by atoms with Gasteiger partial charge in [0.15, 0.2) is 6.61 Å². The molecule has 0 fully saturated rings. The summed E-state index contributed by atoms with van der Waals surface area (Å²) < 4.78 is 5.84. The van der Waals surface area contributed by atoms with E-state index in [0.29, 0.717) is 31.7 Å². The monoisotopic (exact) mass is 424 g/mol. The predicted octanol–water partition coefficient (Wildman–Crippen LogP) is 4.45. The first-order valence-corrected chi connectivity index (χ1v) is 11.3. The highest BCUT2D eigenvalue weighted by Crippen LogP contribution is 2.19. The summed E-state index contributed by atoms with van der Waals surface area (Å²) >= 11 is 0. The van der Waals surface area contributed by atoms with Gasteiger partial charge in [-0.2, -0.15) is 0 Å². The number of carbonyl (C=O) groups excluding carboxylic acids is 2. The summed E-state index contributed by atoms with van der Waals surface area (Å²) in [6, 6.07) is 15.4. The van der Waals surface area contributed by atoms with Crippen molar-refractivity contribution in [2.24, 2.45) is 0 Å². The zero-order chi connectivity index (χ0) is 22.6. The Morgan fingerprint density at radius 1 is 1.06 bits per heavy atom. The molecule has 31 heavy (non-hydrogen) atoms. The molecular weight excluding hydrogens is 388 g/mol. The van der Waals surface area contributed by atoms with Crippen LogP contribution in [0.4, 0.5) is 0 Å². The summed E-state index contributed by atoms with van der Waals surface area (Å²) in [5.41, 5.74) is 3.28. The van der Waals surface area contributed by atoms with E-state index in [2.05, 4.69) is 12.2 Å². The van der Waals surface area contributed by atoms with Gasteiger partial charge in [-0.25, -0.2) is 0 Å². The average Bonchev–Trinajstić information content (AvgIpc) is 2.76. The van der Waals surface area contributed by atoms with Gasteiger partial charge in [-0.3, -0.25) is 9.59 Å². The molecule has 0 aliphatic rings. The Labute approximate surface area is 186 Å². The van der Waals surface area contributed by atoms with E-state index < -0.39 is 6.04 Å². The van der Waals surface area contributed by atoms with Gasteiger partial charge in [0.2, 0.25) is 5.91 Å². The summed E-state index contributed by atoms with van der Waals surface area (Å²) in [6.07, 6.45) is 3.18. The number of carbonyl (C=O) groups is 2. The zero-order valence-corrected chi connectivity index (χ0v) is 19.3. The summed E-state index contributed by atoms with van der Waals surface area (Å²) in [5, 5.41) is 2.98. The van der Waals surface area contributed by atoms with E-state index >= 15 is 0 Å². The number of benzene rings is 2. The molecule has 168 valence electrons. The second kappa shape index (κ2) is 12.8. The standard InChI is InChI=1S/C26H36N2O3/c1-5-7-16-27-26(30)23(6-2)28(17-15-22-11-9-8-10-12-22)25(29)19-31-24-14-13-20(3)18-21(24)4/h8-14,18,23H,5-7,15-17,19H2,1-4H3,(H,27,30)/t23-/m1/s1. The van der Waals surface area contributed by atoms with Gasteiger partial charge < -0.3 is 15.0 Å². The van der Waals surface area contributed by atoms with Gasteiger partial charge in [0.1, 0.15) is 11.8 Å². The van der Waals surface area contributed by atoms with Crippen molar-refractivity contribution in [1.82, 2.24) is 10.2 Å². The summed E-state index contributed by atoms with van der Waals surface area (Å²) in [5.74, 6) is 0.430. The maximum Gasteiger partial charge on any atom is 0.261 e. The molecule has 0 saturated carbocycles. The maximum absolute atomic E-state index is 13.2. The minimum atomic E-state index is -0.504. The molecule has 0 spiro atoms. The number of nitrogens with one attached hydrogen (secondary N) is 1. The lowest BCUT2D eigenvalue weighted by Gasteiger charge is -2.30. The van der Waals surface area contributed by atoms with E-state index in [0.717, 1.165) is 29.5 Å². The minimum absolute atomic E-state index is 0.0859. The van der Waals surface area contributed by atoms with Crippen LogP contribution < -0.4 is 10.1 Å². The van der Waals surface area contributed by atoms with Crippen LogP contribution in [0.3, 0.4) is 0 Å². The van der Waals surface area contributed by atoms with Crippen LogP contribution in [-0.4, -0.2) is 42.5 Å². The van der Waals surface area contributed by atoms with Crippen LogP contribution in [0.5, 0.6) is 5.75 Å². The van der Waals surface area contributed by atoms with Crippen LogP contribution in [0.25, 0.3) is 0 Å². The smallest absolute Gasteiger partial charge is 0.261 e. The second-order valence-electron chi connectivity index (χ2n) is 7.95. The Balaban J connectivity index is 2.11. The van der Waals surface area contributed by atoms with E-state index in [1.54, 1.807) is 4.90 Å². The highest BCUT2D eigenvalue weighted by Gasteiger charge is 2.28. The Morgan fingerprint density at radius 2 is 1.81 bits per heavy atom. The van der Waals surface area contributed by atoms with Crippen LogP contribution in [0.2, 0.25) is 0 Å². The van der Waals surface area contributed by atoms with Crippen molar-refractivity contribution in [2.75, 3.05) is 19.7 Å². The molecular formula is C26H36N2O3. The van der Waals surface area contributed by atoms with Crippen molar-refractivity contribution in [2.45, 2.75) is 59.4 Å². The van der Waals surface area contributed by atoms with Crippen molar-refractivity contribution in [1.29, 1.82) is 0 Å². The van der Waals surface area contributed by atoms with Crippen molar-refractivity contribution in [3.8, 4) is 5.75 Å². The Hall–Kier alpha value is -2.82. The number of hydrogen-bond acceptors (Lipinski definition) is 3. The quantitative estimate of drug-likeness (QED) is 0.512. The fraction of sp³-hybridized carbons (Fsp3) is 0.462. The molecule has 0 unspecified atom stereocenters. The fourth-order valence-electron chi connectivity index (χ4n) is 3.59.